The zero-order valence-corrected chi connectivity index (χ0v) is 10.6. The summed E-state index contributed by atoms with van der Waals surface area (Å²) in [5.41, 5.74) is 2.18. The fourth-order valence-electron chi connectivity index (χ4n) is 2.29. The minimum Gasteiger partial charge on any atom is -0.256 e. The number of hydrogen-bond donors (Lipinski definition) is 0. The average Bonchev–Trinajstić information content (AvgIpc) is 2.52. The van der Waals surface area contributed by atoms with Crippen molar-refractivity contribution >= 4 is 10.8 Å². The van der Waals surface area contributed by atoms with Gasteiger partial charge in [0.1, 0.15) is 0 Å². The molecule has 3 aromatic rings. The van der Waals surface area contributed by atoms with E-state index in [1.165, 1.54) is 18.2 Å². The fourth-order valence-corrected chi connectivity index (χ4v) is 2.29. The first-order chi connectivity index (χ1) is 11.6. The molecule has 0 atom stereocenters. The molecule has 0 unspecified atom stereocenters. The van der Waals surface area contributed by atoms with Gasteiger partial charge in [-0.3, -0.25) is 4.98 Å². The molecule has 1 heterocycles. The van der Waals surface area contributed by atoms with E-state index in [0.29, 0.717) is 11.3 Å². The summed E-state index contributed by atoms with van der Waals surface area (Å²) in [7, 11) is 0. The van der Waals surface area contributed by atoms with Crippen molar-refractivity contribution in [1.82, 2.24) is 4.98 Å². The van der Waals surface area contributed by atoms with Gasteiger partial charge in [0.05, 0.1) is 5.69 Å². The molecule has 0 saturated heterocycles. The Morgan fingerprint density at radius 1 is 0.895 bits per heavy atom. The lowest BCUT2D eigenvalue weighted by atomic mass is 9.99. The van der Waals surface area contributed by atoms with E-state index < -0.39 is 13.7 Å². The predicted molar refractivity (Wildman–Crippen MR) is 81.4 cm³/mol. The molecule has 19 heavy (non-hydrogen) atoms. The van der Waals surface area contributed by atoms with Gasteiger partial charge in [-0.2, -0.15) is 0 Å². The Labute approximate surface area is 122 Å². The smallest absolute Gasteiger partial charge is 0.0780 e. The summed E-state index contributed by atoms with van der Waals surface area (Å²) < 4.78 is 45.9. The molecule has 0 aliphatic heterocycles. The zero-order chi connectivity index (χ0) is 18.4. The maximum Gasteiger partial charge on any atom is 0.0780 e. The molecule has 0 amide bonds. The van der Waals surface area contributed by atoms with Crippen LogP contribution in [0.2, 0.25) is 0 Å². The Bertz CT molecular complexity index is 908. The van der Waals surface area contributed by atoms with Crippen molar-refractivity contribution in [3.63, 3.8) is 0 Å². The van der Waals surface area contributed by atoms with Crippen molar-refractivity contribution in [2.45, 2.75) is 20.6 Å². The highest BCUT2D eigenvalue weighted by Gasteiger charge is 2.06. The van der Waals surface area contributed by atoms with Gasteiger partial charge < -0.3 is 0 Å². The Kier molecular flexibility index (Phi) is 1.63. The molecule has 0 saturated carbocycles. The molecule has 0 N–H and O–H groups in total. The number of fused-ring (bicyclic) bond motifs is 1. The maximum atomic E-state index is 7.65. The molecular formula is C18H17N. The number of nitrogens with zero attached hydrogens (tertiary/aromatic N) is 1. The molecule has 3 rings (SSSR count). The zero-order valence-electron chi connectivity index (χ0n) is 16.6. The lowest BCUT2D eigenvalue weighted by molar-refractivity contribution is 1.32. The van der Waals surface area contributed by atoms with Crippen molar-refractivity contribution in [2.75, 3.05) is 0 Å². The molecule has 0 radical (unpaired) electrons. The average molecular weight is 253 g/mol. The number of pyridine rings is 1. The van der Waals surface area contributed by atoms with Gasteiger partial charge in [-0.05, 0) is 44.2 Å². The van der Waals surface area contributed by atoms with Crippen LogP contribution in [0.1, 0.15) is 24.9 Å². The minimum atomic E-state index is -2.39. The molecule has 0 spiro atoms. The molecule has 2 aromatic carbocycles. The third-order valence-electron chi connectivity index (χ3n) is 3.13. The number of benzene rings is 2. The van der Waals surface area contributed by atoms with Crippen molar-refractivity contribution in [1.29, 1.82) is 0 Å². The molecule has 0 fully saturated rings. The SMILES string of the molecule is [2H]C([2H])([2H])c1cc(-c2nccc3cc(C)ccc23)cc(C([2H])([2H])[2H])c1. The van der Waals surface area contributed by atoms with E-state index >= 15 is 0 Å². The van der Waals surface area contributed by atoms with E-state index in [9.17, 15) is 0 Å². The molecule has 1 aromatic heterocycles. The summed E-state index contributed by atoms with van der Waals surface area (Å²) in [4.78, 5) is 4.39. The van der Waals surface area contributed by atoms with E-state index in [1.807, 2.05) is 31.2 Å². The summed E-state index contributed by atoms with van der Waals surface area (Å²) in [6, 6.07) is 12.0. The van der Waals surface area contributed by atoms with Gasteiger partial charge in [0.25, 0.3) is 0 Å². The summed E-state index contributed by atoms with van der Waals surface area (Å²) >= 11 is 0. The topological polar surface area (TPSA) is 12.9 Å². The van der Waals surface area contributed by atoms with E-state index in [2.05, 4.69) is 4.98 Å². The second kappa shape index (κ2) is 4.51. The Balaban J connectivity index is 2.30. The first-order valence-electron chi connectivity index (χ1n) is 9.07. The number of rotatable bonds is 1. The molecule has 1 heteroatoms. The largest absolute Gasteiger partial charge is 0.256 e. The van der Waals surface area contributed by atoms with E-state index in [-0.39, 0.29) is 11.1 Å². The minimum absolute atomic E-state index is 0.00189. The summed E-state index contributed by atoms with van der Waals surface area (Å²) in [5, 5.41) is 1.83. The van der Waals surface area contributed by atoms with Crippen LogP contribution in [0, 0.1) is 20.6 Å². The van der Waals surface area contributed by atoms with Crippen LogP contribution in [0.25, 0.3) is 22.0 Å². The van der Waals surface area contributed by atoms with Gasteiger partial charge >= 0.3 is 0 Å². The monoisotopic (exact) mass is 253 g/mol. The maximum absolute atomic E-state index is 7.65. The van der Waals surface area contributed by atoms with Gasteiger partial charge in [0.2, 0.25) is 0 Å². The van der Waals surface area contributed by atoms with E-state index in [0.717, 1.165) is 16.3 Å². The fraction of sp³-hybridized carbons (Fsp3) is 0.167. The number of aryl methyl sites for hydroxylation is 3. The molecule has 94 valence electrons. The van der Waals surface area contributed by atoms with Crippen molar-refractivity contribution in [3.8, 4) is 11.3 Å². The Hall–Kier alpha value is -2.15. The van der Waals surface area contributed by atoms with Crippen LogP contribution < -0.4 is 0 Å². The second-order valence-electron chi connectivity index (χ2n) is 4.68. The van der Waals surface area contributed by atoms with Gasteiger partial charge in [-0.15, -0.1) is 0 Å². The van der Waals surface area contributed by atoms with Crippen LogP contribution >= 0.6 is 0 Å². The second-order valence-corrected chi connectivity index (χ2v) is 4.68. The van der Waals surface area contributed by atoms with Crippen molar-refractivity contribution < 1.29 is 8.22 Å². The molecule has 0 aliphatic carbocycles. The van der Waals surface area contributed by atoms with Crippen molar-refractivity contribution in [3.05, 3.63) is 65.4 Å². The van der Waals surface area contributed by atoms with Crippen LogP contribution in [-0.4, -0.2) is 4.98 Å². The molecule has 1 nitrogen and oxygen atoms in total. The van der Waals surface area contributed by atoms with Crippen LogP contribution in [0.5, 0.6) is 0 Å². The highest BCUT2D eigenvalue weighted by atomic mass is 14.7. The number of aromatic nitrogens is 1. The third-order valence-corrected chi connectivity index (χ3v) is 3.13. The van der Waals surface area contributed by atoms with Crippen LogP contribution in [0.4, 0.5) is 0 Å². The third kappa shape index (κ3) is 2.24. The van der Waals surface area contributed by atoms with Gasteiger partial charge in [0, 0.05) is 25.4 Å². The summed E-state index contributed by atoms with van der Waals surface area (Å²) in [6.45, 7) is -2.80. The van der Waals surface area contributed by atoms with E-state index in [1.54, 1.807) is 6.20 Å². The van der Waals surface area contributed by atoms with Crippen LogP contribution in [0.15, 0.2) is 48.7 Å². The first kappa shape index (κ1) is 6.85. The van der Waals surface area contributed by atoms with Gasteiger partial charge in [-0.25, -0.2) is 0 Å². The van der Waals surface area contributed by atoms with Crippen molar-refractivity contribution in [2.24, 2.45) is 0 Å². The highest BCUT2D eigenvalue weighted by Crippen LogP contribution is 2.28. The molecular weight excluding hydrogens is 230 g/mol. The van der Waals surface area contributed by atoms with E-state index in [4.69, 9.17) is 8.22 Å². The normalized spacial score (nSPS) is 16.9. The van der Waals surface area contributed by atoms with Gasteiger partial charge in [0.15, 0.2) is 0 Å². The van der Waals surface area contributed by atoms with Gasteiger partial charge in [-0.1, -0.05) is 41.0 Å². The Morgan fingerprint density at radius 2 is 1.68 bits per heavy atom. The standard InChI is InChI=1S/C18H17N/c1-12-4-5-17-15(9-12)6-7-19-18(17)16-10-13(2)8-14(3)11-16/h4-11H,1-3H3/i2D3,3D3. The lowest BCUT2D eigenvalue weighted by Crippen LogP contribution is -1.88. The summed E-state index contributed by atoms with van der Waals surface area (Å²) in [5.74, 6) is 0. The number of hydrogen-bond acceptors (Lipinski definition) is 1. The first-order valence-corrected chi connectivity index (χ1v) is 6.07. The molecule has 0 aliphatic rings. The lowest BCUT2D eigenvalue weighted by Gasteiger charge is -2.08. The van der Waals surface area contributed by atoms with Crippen LogP contribution in [0.3, 0.4) is 0 Å². The predicted octanol–water partition coefficient (Wildman–Crippen LogP) is 4.83. The van der Waals surface area contributed by atoms with Crippen LogP contribution in [-0.2, 0) is 0 Å². The quantitative estimate of drug-likeness (QED) is 0.605. The summed E-state index contributed by atoms with van der Waals surface area (Å²) in [6.07, 6.45) is 1.65. The Morgan fingerprint density at radius 3 is 2.42 bits per heavy atom. The highest BCUT2D eigenvalue weighted by molar-refractivity contribution is 5.94. The molecule has 0 bridgehead atoms.